The molecule has 0 aromatic heterocycles. The van der Waals surface area contributed by atoms with Gasteiger partial charge in [-0.1, -0.05) is 0 Å². The Balaban J connectivity index is 1.54. The van der Waals surface area contributed by atoms with Gasteiger partial charge in [0.2, 0.25) is 0 Å². The second kappa shape index (κ2) is 6.49. The second-order valence-electron chi connectivity index (χ2n) is 7.52. The summed E-state index contributed by atoms with van der Waals surface area (Å²) >= 11 is 1.92. The molecule has 120 valence electrons. The fraction of sp³-hybridized carbons (Fsp3) is 0.941. The number of hydrogen-bond donors (Lipinski definition) is 1. The minimum atomic E-state index is -0.0849. The van der Waals surface area contributed by atoms with Gasteiger partial charge in [-0.2, -0.15) is 11.8 Å². The van der Waals surface area contributed by atoms with E-state index in [0.29, 0.717) is 17.9 Å². The topological polar surface area (TPSA) is 38.3 Å². The maximum atomic E-state index is 11.2. The van der Waals surface area contributed by atoms with Gasteiger partial charge in [-0.3, -0.25) is 4.79 Å². The number of esters is 1. The highest BCUT2D eigenvalue weighted by atomic mass is 32.2. The number of thioether (sulfide) groups is 1. The van der Waals surface area contributed by atoms with Crippen LogP contribution in [0.4, 0.5) is 0 Å². The first-order chi connectivity index (χ1) is 10.1. The molecule has 0 spiro atoms. The van der Waals surface area contributed by atoms with E-state index in [1.54, 1.807) is 0 Å². The SMILES string of the molecule is CNC(CSCCC(=O)OC)C12CC3CC(CC(C3)C1)C2. The van der Waals surface area contributed by atoms with Crippen LogP contribution in [0.5, 0.6) is 0 Å². The van der Waals surface area contributed by atoms with Crippen LogP contribution in [-0.2, 0) is 9.53 Å². The van der Waals surface area contributed by atoms with Crippen molar-refractivity contribution in [2.45, 2.75) is 51.0 Å². The highest BCUT2D eigenvalue weighted by molar-refractivity contribution is 7.99. The Bertz CT molecular complexity index is 350. The largest absolute Gasteiger partial charge is 0.469 e. The van der Waals surface area contributed by atoms with E-state index < -0.39 is 0 Å². The molecule has 0 saturated heterocycles. The minimum Gasteiger partial charge on any atom is -0.469 e. The molecule has 0 aliphatic heterocycles. The van der Waals surface area contributed by atoms with E-state index >= 15 is 0 Å². The molecule has 0 amide bonds. The van der Waals surface area contributed by atoms with Crippen molar-refractivity contribution in [1.82, 2.24) is 5.32 Å². The average molecular weight is 311 g/mol. The van der Waals surface area contributed by atoms with Gasteiger partial charge in [-0.25, -0.2) is 0 Å². The molecule has 1 atom stereocenters. The Morgan fingerprint density at radius 2 is 1.81 bits per heavy atom. The summed E-state index contributed by atoms with van der Waals surface area (Å²) in [5, 5.41) is 3.62. The third-order valence-electron chi connectivity index (χ3n) is 6.14. The van der Waals surface area contributed by atoms with Crippen LogP contribution in [0.15, 0.2) is 0 Å². The normalized spacial score (nSPS) is 38.5. The Kier molecular flexibility index (Phi) is 4.84. The summed E-state index contributed by atoms with van der Waals surface area (Å²) in [6.07, 6.45) is 9.40. The van der Waals surface area contributed by atoms with Crippen molar-refractivity contribution in [1.29, 1.82) is 0 Å². The van der Waals surface area contributed by atoms with Crippen molar-refractivity contribution >= 4 is 17.7 Å². The Morgan fingerprint density at radius 3 is 2.29 bits per heavy atom. The molecular formula is C17H29NO2S. The van der Waals surface area contributed by atoms with Gasteiger partial charge in [0, 0.05) is 17.5 Å². The van der Waals surface area contributed by atoms with Gasteiger partial charge >= 0.3 is 5.97 Å². The van der Waals surface area contributed by atoms with Crippen LogP contribution in [0, 0.1) is 23.2 Å². The smallest absolute Gasteiger partial charge is 0.306 e. The number of ether oxygens (including phenoxy) is 1. The van der Waals surface area contributed by atoms with Crippen molar-refractivity contribution < 1.29 is 9.53 Å². The van der Waals surface area contributed by atoms with Crippen LogP contribution in [0.1, 0.15) is 44.9 Å². The van der Waals surface area contributed by atoms with E-state index in [9.17, 15) is 4.79 Å². The lowest BCUT2D eigenvalue weighted by molar-refractivity contribution is -0.140. The lowest BCUT2D eigenvalue weighted by Crippen LogP contribution is -2.56. The molecule has 4 aliphatic rings. The van der Waals surface area contributed by atoms with Gasteiger partial charge in [0.1, 0.15) is 0 Å². The summed E-state index contributed by atoms with van der Waals surface area (Å²) in [6.45, 7) is 0. The van der Waals surface area contributed by atoms with E-state index in [1.807, 2.05) is 11.8 Å². The molecule has 4 bridgehead atoms. The Labute approximate surface area is 133 Å². The predicted molar refractivity (Wildman–Crippen MR) is 87.4 cm³/mol. The van der Waals surface area contributed by atoms with E-state index in [0.717, 1.165) is 29.3 Å². The minimum absolute atomic E-state index is 0.0849. The standard InChI is InChI=1S/C17H29NO2S/c1-18-15(11-21-4-3-16(19)20-2)17-8-12-5-13(9-17)7-14(6-12)10-17/h12-15,18H,3-11H2,1-2H3. The van der Waals surface area contributed by atoms with Gasteiger partial charge in [0.05, 0.1) is 13.5 Å². The molecule has 0 heterocycles. The summed E-state index contributed by atoms with van der Waals surface area (Å²) in [6, 6.07) is 0.619. The highest BCUT2D eigenvalue weighted by Crippen LogP contribution is 2.61. The van der Waals surface area contributed by atoms with Crippen molar-refractivity contribution in [2.24, 2.45) is 23.2 Å². The highest BCUT2D eigenvalue weighted by Gasteiger charge is 2.53. The van der Waals surface area contributed by atoms with Crippen molar-refractivity contribution in [3.05, 3.63) is 0 Å². The molecule has 21 heavy (non-hydrogen) atoms. The monoisotopic (exact) mass is 311 g/mol. The van der Waals surface area contributed by atoms with E-state index in [-0.39, 0.29) is 5.97 Å². The molecule has 0 aromatic rings. The number of methoxy groups -OCH3 is 1. The molecule has 3 nitrogen and oxygen atoms in total. The summed E-state index contributed by atoms with van der Waals surface area (Å²) < 4.78 is 4.72. The molecule has 0 aromatic carbocycles. The van der Waals surface area contributed by atoms with Crippen molar-refractivity contribution in [3.8, 4) is 0 Å². The Morgan fingerprint density at radius 1 is 1.24 bits per heavy atom. The van der Waals surface area contributed by atoms with Crippen LogP contribution in [0.2, 0.25) is 0 Å². The van der Waals surface area contributed by atoms with Crippen LogP contribution in [0.3, 0.4) is 0 Å². The molecule has 4 heteroatoms. The third-order valence-corrected chi connectivity index (χ3v) is 7.20. The first-order valence-corrected chi connectivity index (χ1v) is 9.62. The number of hydrogen-bond acceptors (Lipinski definition) is 4. The quantitative estimate of drug-likeness (QED) is 0.579. The summed E-state index contributed by atoms with van der Waals surface area (Å²) in [5.41, 5.74) is 0.557. The molecule has 1 N–H and O–H groups in total. The van der Waals surface area contributed by atoms with Crippen LogP contribution < -0.4 is 5.32 Å². The summed E-state index contributed by atoms with van der Waals surface area (Å²) in [4.78, 5) is 11.2. The lowest BCUT2D eigenvalue weighted by atomic mass is 9.48. The summed E-state index contributed by atoms with van der Waals surface area (Å²) in [5.74, 6) is 4.96. The van der Waals surface area contributed by atoms with Gasteiger partial charge in [-0.15, -0.1) is 0 Å². The molecule has 4 aliphatic carbocycles. The maximum Gasteiger partial charge on any atom is 0.306 e. The first kappa shape index (κ1) is 15.7. The molecule has 1 unspecified atom stereocenters. The maximum absolute atomic E-state index is 11.2. The van der Waals surface area contributed by atoms with Crippen LogP contribution in [-0.4, -0.2) is 37.7 Å². The fourth-order valence-corrected chi connectivity index (χ4v) is 6.86. The molecule has 4 rings (SSSR count). The van der Waals surface area contributed by atoms with E-state index in [1.165, 1.54) is 45.6 Å². The zero-order chi connectivity index (χ0) is 14.9. The predicted octanol–water partition coefficient (Wildman–Crippen LogP) is 3.09. The van der Waals surface area contributed by atoms with Gasteiger partial charge < -0.3 is 10.1 Å². The number of carbonyl (C=O) groups excluding carboxylic acids is 1. The number of nitrogens with one attached hydrogen (secondary N) is 1. The van der Waals surface area contributed by atoms with Gasteiger partial charge in [-0.05, 0) is 68.7 Å². The first-order valence-electron chi connectivity index (χ1n) is 8.47. The number of carbonyl (C=O) groups is 1. The lowest BCUT2D eigenvalue weighted by Gasteiger charge is -2.59. The number of rotatable bonds is 7. The molecule has 4 saturated carbocycles. The zero-order valence-electron chi connectivity index (χ0n) is 13.4. The zero-order valence-corrected chi connectivity index (χ0v) is 14.2. The second-order valence-corrected chi connectivity index (χ2v) is 8.67. The molecule has 4 fully saturated rings. The fourth-order valence-electron chi connectivity index (χ4n) is 5.63. The van der Waals surface area contributed by atoms with Crippen LogP contribution >= 0.6 is 11.8 Å². The van der Waals surface area contributed by atoms with E-state index in [4.69, 9.17) is 4.74 Å². The van der Waals surface area contributed by atoms with Crippen molar-refractivity contribution in [2.75, 3.05) is 25.7 Å². The molecular weight excluding hydrogens is 282 g/mol. The summed E-state index contributed by atoms with van der Waals surface area (Å²) in [7, 11) is 3.60. The van der Waals surface area contributed by atoms with Crippen molar-refractivity contribution in [3.63, 3.8) is 0 Å². The molecule has 0 radical (unpaired) electrons. The van der Waals surface area contributed by atoms with Gasteiger partial charge in [0.15, 0.2) is 0 Å². The third kappa shape index (κ3) is 3.26. The van der Waals surface area contributed by atoms with Crippen LogP contribution in [0.25, 0.3) is 0 Å². The average Bonchev–Trinajstić information content (AvgIpc) is 2.45. The Hall–Kier alpha value is -0.220. The van der Waals surface area contributed by atoms with E-state index in [2.05, 4.69) is 12.4 Å². The van der Waals surface area contributed by atoms with Gasteiger partial charge in [0.25, 0.3) is 0 Å².